The molecule has 2 aliphatic heterocycles. The molecule has 4 heterocycles. The highest BCUT2D eigenvalue weighted by Gasteiger charge is 2.31. The van der Waals surface area contributed by atoms with Crippen LogP contribution in [0.5, 0.6) is 0 Å². The topological polar surface area (TPSA) is 85.8 Å². The highest BCUT2D eigenvalue weighted by atomic mass is 35.5. The standard InChI is InChI=1S/C17H19ClN4O2S2.CH4O/c1-21-6-5-11-13(9-21)26-16(20-11)17(24)22-7-4-10(8-22)19-15(23)12-2-3-14(18)25-12;1-2/h2-3,10H,4-9H2,1H3,(H,19,23);2H,1H3. The Labute approximate surface area is 176 Å². The van der Waals surface area contributed by atoms with Gasteiger partial charge in [-0.25, -0.2) is 4.98 Å². The summed E-state index contributed by atoms with van der Waals surface area (Å²) in [6.45, 7) is 3.00. The van der Waals surface area contributed by atoms with Crippen molar-refractivity contribution in [3.05, 3.63) is 36.9 Å². The molecule has 4 rings (SSSR count). The number of likely N-dealkylation sites (tertiary alicyclic amines) is 1. The summed E-state index contributed by atoms with van der Waals surface area (Å²) >= 11 is 8.65. The molecule has 2 amide bonds. The SMILES string of the molecule is CN1CCc2nc(C(=O)N3CCC(NC(=O)c4ccc(Cl)s4)C3)sc2C1.CO. The van der Waals surface area contributed by atoms with E-state index in [0.717, 1.165) is 38.7 Å². The van der Waals surface area contributed by atoms with Crippen molar-refractivity contribution in [1.82, 2.24) is 20.1 Å². The van der Waals surface area contributed by atoms with Gasteiger partial charge >= 0.3 is 0 Å². The van der Waals surface area contributed by atoms with Gasteiger partial charge in [0, 0.05) is 50.6 Å². The van der Waals surface area contributed by atoms with E-state index in [1.54, 1.807) is 17.0 Å². The number of carbonyl (C=O) groups excluding carboxylic acids is 2. The molecule has 2 aromatic rings. The first kappa shape index (κ1) is 21.2. The van der Waals surface area contributed by atoms with Crippen LogP contribution in [0.15, 0.2) is 12.1 Å². The van der Waals surface area contributed by atoms with Gasteiger partial charge in [-0.15, -0.1) is 22.7 Å². The van der Waals surface area contributed by atoms with E-state index in [1.807, 2.05) is 0 Å². The maximum absolute atomic E-state index is 12.8. The number of aromatic nitrogens is 1. The molecule has 1 saturated heterocycles. The largest absolute Gasteiger partial charge is 0.400 e. The molecule has 0 aliphatic carbocycles. The fourth-order valence-electron chi connectivity index (χ4n) is 3.31. The van der Waals surface area contributed by atoms with Crippen LogP contribution >= 0.6 is 34.3 Å². The zero-order valence-electron chi connectivity index (χ0n) is 15.8. The lowest BCUT2D eigenvalue weighted by Crippen LogP contribution is -2.38. The molecule has 0 spiro atoms. The van der Waals surface area contributed by atoms with Crippen molar-refractivity contribution < 1.29 is 14.7 Å². The summed E-state index contributed by atoms with van der Waals surface area (Å²) in [5.74, 6) is -0.156. The highest BCUT2D eigenvalue weighted by molar-refractivity contribution is 7.18. The monoisotopic (exact) mass is 442 g/mol. The number of thiazole rings is 1. The third kappa shape index (κ3) is 4.72. The lowest BCUT2D eigenvalue weighted by atomic mass is 10.2. The van der Waals surface area contributed by atoms with Gasteiger partial charge in [0.05, 0.1) is 14.9 Å². The number of thiophene rings is 1. The number of fused-ring (bicyclic) bond motifs is 1. The first-order valence-electron chi connectivity index (χ1n) is 8.97. The molecule has 2 aromatic heterocycles. The summed E-state index contributed by atoms with van der Waals surface area (Å²) in [4.78, 5) is 35.4. The second-order valence-electron chi connectivity index (χ2n) is 6.69. The number of nitrogens with zero attached hydrogens (tertiary/aromatic N) is 3. The number of carbonyl (C=O) groups is 2. The summed E-state index contributed by atoms with van der Waals surface area (Å²) in [6.07, 6.45) is 1.65. The van der Waals surface area contributed by atoms with Gasteiger partial charge in [-0.2, -0.15) is 0 Å². The van der Waals surface area contributed by atoms with E-state index in [1.165, 1.54) is 27.6 Å². The second-order valence-corrected chi connectivity index (χ2v) is 9.49. The molecule has 0 aromatic carbocycles. The Bertz CT molecular complexity index is 854. The lowest BCUT2D eigenvalue weighted by molar-refractivity contribution is 0.0782. The van der Waals surface area contributed by atoms with Crippen molar-refractivity contribution in [2.45, 2.75) is 25.4 Å². The van der Waals surface area contributed by atoms with Crippen LogP contribution in [0.1, 0.15) is 36.5 Å². The zero-order valence-corrected chi connectivity index (χ0v) is 18.2. The molecular formula is C18H23ClN4O3S2. The normalized spacial score (nSPS) is 19.0. The van der Waals surface area contributed by atoms with E-state index < -0.39 is 0 Å². The fourth-order valence-corrected chi connectivity index (χ4v) is 5.41. The molecule has 1 atom stereocenters. The smallest absolute Gasteiger partial charge is 0.282 e. The number of rotatable bonds is 3. The molecule has 0 saturated carbocycles. The van der Waals surface area contributed by atoms with Gasteiger partial charge < -0.3 is 20.2 Å². The van der Waals surface area contributed by atoms with Crippen molar-refractivity contribution >= 4 is 46.1 Å². The minimum atomic E-state index is -0.131. The molecule has 2 aliphatic rings. The van der Waals surface area contributed by atoms with Crippen molar-refractivity contribution in [2.75, 3.05) is 33.8 Å². The third-order valence-corrected chi connectivity index (χ3v) is 7.01. The van der Waals surface area contributed by atoms with Crippen LogP contribution in [0.3, 0.4) is 0 Å². The van der Waals surface area contributed by atoms with Gasteiger partial charge in [-0.3, -0.25) is 9.59 Å². The van der Waals surface area contributed by atoms with Crippen LogP contribution in [-0.4, -0.2) is 71.5 Å². The van der Waals surface area contributed by atoms with Crippen LogP contribution in [0.25, 0.3) is 0 Å². The van der Waals surface area contributed by atoms with Gasteiger partial charge in [-0.1, -0.05) is 11.6 Å². The van der Waals surface area contributed by atoms with Crippen LogP contribution in [0.4, 0.5) is 0 Å². The number of aliphatic hydroxyl groups is 1. The Morgan fingerprint density at radius 2 is 2.07 bits per heavy atom. The van der Waals surface area contributed by atoms with E-state index in [4.69, 9.17) is 16.7 Å². The third-order valence-electron chi connectivity index (χ3n) is 4.71. The van der Waals surface area contributed by atoms with E-state index in [0.29, 0.717) is 27.3 Å². The molecule has 0 bridgehead atoms. The van der Waals surface area contributed by atoms with Gasteiger partial charge in [0.2, 0.25) is 0 Å². The molecule has 0 radical (unpaired) electrons. The highest BCUT2D eigenvalue weighted by Crippen LogP contribution is 2.26. The Hall–Kier alpha value is -1.52. The van der Waals surface area contributed by atoms with E-state index >= 15 is 0 Å². The molecule has 10 heteroatoms. The van der Waals surface area contributed by atoms with E-state index in [-0.39, 0.29) is 17.9 Å². The summed E-state index contributed by atoms with van der Waals surface area (Å²) in [5.41, 5.74) is 1.06. The van der Waals surface area contributed by atoms with E-state index in [2.05, 4.69) is 22.2 Å². The Kier molecular flexibility index (Phi) is 7.05. The van der Waals surface area contributed by atoms with Crippen LogP contribution in [-0.2, 0) is 13.0 Å². The number of amides is 2. The molecule has 1 unspecified atom stereocenters. The van der Waals surface area contributed by atoms with Crippen LogP contribution < -0.4 is 5.32 Å². The molecule has 7 nitrogen and oxygen atoms in total. The Morgan fingerprint density at radius 1 is 1.29 bits per heavy atom. The molecule has 2 N–H and O–H groups in total. The summed E-state index contributed by atoms with van der Waals surface area (Å²) in [6, 6.07) is 3.40. The molecular weight excluding hydrogens is 420 g/mol. The van der Waals surface area contributed by atoms with Crippen molar-refractivity contribution in [3.8, 4) is 0 Å². The summed E-state index contributed by atoms with van der Waals surface area (Å²) in [5, 5.41) is 10.6. The van der Waals surface area contributed by atoms with Gasteiger partial charge in [-0.05, 0) is 25.6 Å². The average Bonchev–Trinajstić information content (AvgIpc) is 3.42. The predicted molar refractivity (Wildman–Crippen MR) is 111 cm³/mol. The quantitative estimate of drug-likeness (QED) is 0.760. The first-order chi connectivity index (χ1) is 13.5. The average molecular weight is 443 g/mol. The summed E-state index contributed by atoms with van der Waals surface area (Å²) in [7, 11) is 3.08. The zero-order chi connectivity index (χ0) is 20.3. The fraction of sp³-hybridized carbons (Fsp3) is 0.500. The van der Waals surface area contributed by atoms with Gasteiger partial charge in [0.15, 0.2) is 5.01 Å². The van der Waals surface area contributed by atoms with Crippen molar-refractivity contribution in [1.29, 1.82) is 0 Å². The van der Waals surface area contributed by atoms with Gasteiger partial charge in [0.25, 0.3) is 11.8 Å². The minimum Gasteiger partial charge on any atom is -0.400 e. The number of aliphatic hydroxyl groups excluding tert-OH is 1. The minimum absolute atomic E-state index is 0.0250. The Morgan fingerprint density at radius 3 is 2.79 bits per heavy atom. The summed E-state index contributed by atoms with van der Waals surface area (Å²) < 4.78 is 0.594. The molecule has 28 heavy (non-hydrogen) atoms. The number of hydrogen-bond acceptors (Lipinski definition) is 7. The maximum atomic E-state index is 12.8. The predicted octanol–water partition coefficient (Wildman–Crippen LogP) is 2.10. The lowest BCUT2D eigenvalue weighted by Gasteiger charge is -2.20. The molecule has 1 fully saturated rings. The number of likely N-dealkylation sites (N-methyl/N-ethyl adjacent to an activating group) is 1. The first-order valence-corrected chi connectivity index (χ1v) is 11.0. The van der Waals surface area contributed by atoms with Crippen LogP contribution in [0, 0.1) is 0 Å². The molecule has 152 valence electrons. The van der Waals surface area contributed by atoms with Crippen LogP contribution in [0.2, 0.25) is 4.34 Å². The van der Waals surface area contributed by atoms with Crippen molar-refractivity contribution in [3.63, 3.8) is 0 Å². The number of halogens is 1. The number of nitrogens with one attached hydrogen (secondary N) is 1. The second kappa shape index (κ2) is 9.32. The van der Waals surface area contributed by atoms with Gasteiger partial charge in [0.1, 0.15) is 0 Å². The Balaban J connectivity index is 0.00000109. The number of hydrogen-bond donors (Lipinski definition) is 2. The van der Waals surface area contributed by atoms with Crippen molar-refractivity contribution in [2.24, 2.45) is 0 Å². The maximum Gasteiger partial charge on any atom is 0.282 e. The van der Waals surface area contributed by atoms with E-state index in [9.17, 15) is 9.59 Å².